The Balaban J connectivity index is 2.33. The predicted molar refractivity (Wildman–Crippen MR) is 42.2 cm³/mol. The van der Waals surface area contributed by atoms with Crippen LogP contribution in [-0.4, -0.2) is 18.7 Å². The number of carbonyl (C=O) groups excluding carboxylic acids is 1. The van der Waals surface area contributed by atoms with Crippen molar-refractivity contribution in [3.63, 3.8) is 0 Å². The number of cyclic esters (lactones) is 1. The summed E-state index contributed by atoms with van der Waals surface area (Å²) in [7, 11) is 0. The molecule has 3 nitrogen and oxygen atoms in total. The summed E-state index contributed by atoms with van der Waals surface area (Å²) in [5.41, 5.74) is 0. The van der Waals surface area contributed by atoms with Crippen molar-refractivity contribution in [3.8, 4) is 0 Å². The topological polar surface area (TPSA) is 38.3 Å². The van der Waals surface area contributed by atoms with Crippen molar-refractivity contribution in [2.75, 3.05) is 6.61 Å². The molecule has 0 spiro atoms. The molecule has 0 aromatic rings. The number of rotatable bonds is 2. The normalized spacial score (nSPS) is 24.3. The molecule has 0 aromatic heterocycles. The molecule has 1 fully saturated rings. The van der Waals surface area contributed by atoms with Gasteiger partial charge in [-0.1, -0.05) is 26.0 Å². The maximum absolute atomic E-state index is 10.5. The van der Waals surface area contributed by atoms with Crippen molar-refractivity contribution in [2.24, 2.45) is 5.92 Å². The van der Waals surface area contributed by atoms with Gasteiger partial charge < -0.3 is 10.1 Å². The molecule has 0 saturated carbocycles. The molecule has 0 unspecified atom stereocenters. The molecule has 1 atom stereocenters. The fourth-order valence-corrected chi connectivity index (χ4v) is 0.860. The van der Waals surface area contributed by atoms with Gasteiger partial charge in [0.15, 0.2) is 0 Å². The Morgan fingerprint density at radius 1 is 1.73 bits per heavy atom. The Kier molecular flexibility index (Phi) is 2.52. The zero-order valence-corrected chi connectivity index (χ0v) is 6.83. The summed E-state index contributed by atoms with van der Waals surface area (Å²) in [6.07, 6.45) is 3.71. The zero-order chi connectivity index (χ0) is 8.27. The molecule has 1 saturated heterocycles. The molecule has 11 heavy (non-hydrogen) atoms. The molecule has 1 amide bonds. The smallest absolute Gasteiger partial charge is 0.407 e. The van der Waals surface area contributed by atoms with Crippen molar-refractivity contribution in [2.45, 2.75) is 19.9 Å². The van der Waals surface area contributed by atoms with Crippen molar-refractivity contribution in [3.05, 3.63) is 12.2 Å². The SMILES string of the molecule is CC(C)/C=C\[C@@H]1COC(=O)N1. The van der Waals surface area contributed by atoms with E-state index in [1.165, 1.54) is 0 Å². The van der Waals surface area contributed by atoms with Gasteiger partial charge in [-0.2, -0.15) is 0 Å². The molecular formula is C8H13NO2. The van der Waals surface area contributed by atoms with Crippen LogP contribution in [0.4, 0.5) is 4.79 Å². The third-order valence-electron chi connectivity index (χ3n) is 1.43. The minimum absolute atomic E-state index is 0.0740. The summed E-state index contributed by atoms with van der Waals surface area (Å²) in [4.78, 5) is 10.5. The Labute approximate surface area is 66.4 Å². The lowest BCUT2D eigenvalue weighted by Gasteiger charge is -1.99. The fourth-order valence-electron chi connectivity index (χ4n) is 0.860. The summed E-state index contributed by atoms with van der Waals surface area (Å²) in [5, 5.41) is 2.66. The first-order chi connectivity index (χ1) is 5.18. The van der Waals surface area contributed by atoms with Crippen molar-refractivity contribution < 1.29 is 9.53 Å². The van der Waals surface area contributed by atoms with Crippen LogP contribution < -0.4 is 5.32 Å². The summed E-state index contributed by atoms with van der Waals surface area (Å²) >= 11 is 0. The van der Waals surface area contributed by atoms with Gasteiger partial charge in [-0.15, -0.1) is 0 Å². The molecule has 1 aliphatic heterocycles. The summed E-state index contributed by atoms with van der Waals surface area (Å²) in [6.45, 7) is 4.64. The van der Waals surface area contributed by atoms with Gasteiger partial charge in [0.1, 0.15) is 6.61 Å². The van der Waals surface area contributed by atoms with E-state index in [9.17, 15) is 4.79 Å². The first kappa shape index (κ1) is 8.11. The number of carbonyl (C=O) groups is 1. The Morgan fingerprint density at radius 2 is 2.45 bits per heavy atom. The monoisotopic (exact) mass is 155 g/mol. The second kappa shape index (κ2) is 3.42. The van der Waals surface area contributed by atoms with Gasteiger partial charge in [-0.25, -0.2) is 4.79 Å². The quantitative estimate of drug-likeness (QED) is 0.610. The van der Waals surface area contributed by atoms with Crippen LogP contribution in [0.2, 0.25) is 0 Å². The highest BCUT2D eigenvalue weighted by Gasteiger charge is 2.18. The Bertz CT molecular complexity index is 175. The predicted octanol–water partition coefficient (Wildman–Crippen LogP) is 1.31. The van der Waals surface area contributed by atoms with E-state index in [1.54, 1.807) is 0 Å². The van der Waals surface area contributed by atoms with Crippen LogP contribution >= 0.6 is 0 Å². The second-order valence-electron chi connectivity index (χ2n) is 2.98. The Hall–Kier alpha value is -0.990. The third-order valence-corrected chi connectivity index (χ3v) is 1.43. The fraction of sp³-hybridized carbons (Fsp3) is 0.625. The van der Waals surface area contributed by atoms with Gasteiger partial charge in [0.25, 0.3) is 0 Å². The lowest BCUT2D eigenvalue weighted by Crippen LogP contribution is -2.23. The van der Waals surface area contributed by atoms with Crippen LogP contribution in [0.1, 0.15) is 13.8 Å². The average molecular weight is 155 g/mol. The van der Waals surface area contributed by atoms with E-state index in [1.807, 2.05) is 6.08 Å². The van der Waals surface area contributed by atoms with E-state index in [0.717, 1.165) is 0 Å². The number of hydrogen-bond donors (Lipinski definition) is 1. The first-order valence-corrected chi connectivity index (χ1v) is 3.80. The van der Waals surface area contributed by atoms with Gasteiger partial charge >= 0.3 is 6.09 Å². The van der Waals surface area contributed by atoms with Gasteiger partial charge in [0, 0.05) is 0 Å². The van der Waals surface area contributed by atoms with Gasteiger partial charge in [-0.05, 0) is 5.92 Å². The highest BCUT2D eigenvalue weighted by atomic mass is 16.6. The van der Waals surface area contributed by atoms with Crippen LogP contribution in [0.5, 0.6) is 0 Å². The van der Waals surface area contributed by atoms with Crippen molar-refractivity contribution in [1.29, 1.82) is 0 Å². The summed E-state index contributed by atoms with van der Waals surface area (Å²) in [5.74, 6) is 0.521. The lowest BCUT2D eigenvalue weighted by molar-refractivity contribution is 0.177. The largest absolute Gasteiger partial charge is 0.447 e. The molecule has 0 radical (unpaired) electrons. The molecular weight excluding hydrogens is 142 g/mol. The summed E-state index contributed by atoms with van der Waals surface area (Å²) in [6, 6.07) is 0.0740. The zero-order valence-electron chi connectivity index (χ0n) is 6.83. The Morgan fingerprint density at radius 3 is 2.91 bits per heavy atom. The van der Waals surface area contributed by atoms with Crippen LogP contribution in [0, 0.1) is 5.92 Å². The molecule has 1 aliphatic rings. The third kappa shape index (κ3) is 2.62. The number of ether oxygens (including phenoxy) is 1. The van der Waals surface area contributed by atoms with Gasteiger partial charge in [0.2, 0.25) is 0 Å². The van der Waals surface area contributed by atoms with E-state index in [0.29, 0.717) is 12.5 Å². The number of hydrogen-bond acceptors (Lipinski definition) is 2. The molecule has 0 bridgehead atoms. The van der Waals surface area contributed by atoms with Crippen LogP contribution in [0.15, 0.2) is 12.2 Å². The molecule has 0 aromatic carbocycles. The maximum atomic E-state index is 10.5. The van der Waals surface area contributed by atoms with Crippen molar-refractivity contribution >= 4 is 6.09 Å². The van der Waals surface area contributed by atoms with E-state index < -0.39 is 0 Å². The standard InChI is InChI=1S/C8H13NO2/c1-6(2)3-4-7-5-11-8(10)9-7/h3-4,6-7H,5H2,1-2H3,(H,9,10)/b4-3-/t7-/m1/s1. The van der Waals surface area contributed by atoms with E-state index >= 15 is 0 Å². The van der Waals surface area contributed by atoms with E-state index in [2.05, 4.69) is 25.2 Å². The molecule has 62 valence electrons. The van der Waals surface area contributed by atoms with Gasteiger partial charge in [0.05, 0.1) is 6.04 Å². The lowest BCUT2D eigenvalue weighted by atomic mass is 10.2. The molecule has 0 aliphatic carbocycles. The number of nitrogens with one attached hydrogen (secondary N) is 1. The molecule has 1 heterocycles. The summed E-state index contributed by atoms with van der Waals surface area (Å²) < 4.78 is 4.70. The van der Waals surface area contributed by atoms with Crippen LogP contribution in [0.25, 0.3) is 0 Å². The van der Waals surface area contributed by atoms with Crippen LogP contribution in [-0.2, 0) is 4.74 Å². The molecule has 1 rings (SSSR count). The van der Waals surface area contributed by atoms with E-state index in [4.69, 9.17) is 4.74 Å². The number of alkyl carbamates (subject to hydrolysis) is 1. The number of amides is 1. The number of allylic oxidation sites excluding steroid dienone is 1. The minimum atomic E-state index is -0.316. The van der Waals surface area contributed by atoms with Gasteiger partial charge in [-0.3, -0.25) is 0 Å². The van der Waals surface area contributed by atoms with E-state index in [-0.39, 0.29) is 12.1 Å². The minimum Gasteiger partial charge on any atom is -0.447 e. The average Bonchev–Trinajstić information content (AvgIpc) is 2.31. The molecule has 1 N–H and O–H groups in total. The van der Waals surface area contributed by atoms with Crippen molar-refractivity contribution in [1.82, 2.24) is 5.32 Å². The second-order valence-corrected chi connectivity index (χ2v) is 2.98. The molecule has 3 heteroatoms. The highest BCUT2D eigenvalue weighted by molar-refractivity contribution is 5.70. The maximum Gasteiger partial charge on any atom is 0.407 e. The van der Waals surface area contributed by atoms with Crippen LogP contribution in [0.3, 0.4) is 0 Å². The highest BCUT2D eigenvalue weighted by Crippen LogP contribution is 2.01. The first-order valence-electron chi connectivity index (χ1n) is 3.80.